The van der Waals surface area contributed by atoms with E-state index in [1.54, 1.807) is 6.92 Å². The zero-order chi connectivity index (χ0) is 9.19. The Morgan fingerprint density at radius 1 is 1.67 bits per heavy atom. The molecule has 68 valence electrons. The Bertz CT molecular complexity index is 289. The summed E-state index contributed by atoms with van der Waals surface area (Å²) in [6.45, 7) is 2.18. The fourth-order valence-electron chi connectivity index (χ4n) is 1.42. The summed E-state index contributed by atoms with van der Waals surface area (Å²) in [4.78, 5) is 0. The van der Waals surface area contributed by atoms with Crippen LogP contribution in [0.25, 0.3) is 0 Å². The highest BCUT2D eigenvalue weighted by molar-refractivity contribution is 7.92. The van der Waals surface area contributed by atoms with Crippen LogP contribution < -0.4 is 5.32 Å². The van der Waals surface area contributed by atoms with Crippen molar-refractivity contribution in [1.29, 1.82) is 0 Å². The number of hydrogen-bond donors (Lipinski definition) is 1. The van der Waals surface area contributed by atoms with Crippen molar-refractivity contribution < 1.29 is 8.42 Å². The minimum absolute atomic E-state index is 0.0473. The van der Waals surface area contributed by atoms with E-state index in [1.165, 1.54) is 0 Å². The molecule has 4 heteroatoms. The zero-order valence-electron chi connectivity index (χ0n) is 7.08. The van der Waals surface area contributed by atoms with Gasteiger partial charge in [0.15, 0.2) is 9.84 Å². The van der Waals surface area contributed by atoms with Crippen LogP contribution in [0.1, 0.15) is 13.3 Å². The minimum Gasteiger partial charge on any atom is -0.302 e. The van der Waals surface area contributed by atoms with E-state index in [0.717, 1.165) is 0 Å². The Kier molecular flexibility index (Phi) is 2.76. The van der Waals surface area contributed by atoms with Crippen molar-refractivity contribution in [2.45, 2.75) is 24.6 Å². The average molecular weight is 187 g/mol. The van der Waals surface area contributed by atoms with Gasteiger partial charge in [0.05, 0.1) is 17.5 Å². The second-order valence-electron chi connectivity index (χ2n) is 3.05. The molecule has 0 aromatic rings. The third kappa shape index (κ3) is 1.79. The molecule has 0 radical (unpaired) electrons. The monoisotopic (exact) mass is 187 g/mol. The van der Waals surface area contributed by atoms with Gasteiger partial charge in [-0.05, 0) is 13.3 Å². The predicted molar refractivity (Wildman–Crippen MR) is 48.5 cm³/mol. The number of hydrogen-bond acceptors (Lipinski definition) is 3. The highest BCUT2D eigenvalue weighted by Crippen LogP contribution is 2.19. The van der Waals surface area contributed by atoms with E-state index >= 15 is 0 Å². The summed E-state index contributed by atoms with van der Waals surface area (Å²) in [5.41, 5.74) is 0. The lowest BCUT2D eigenvalue weighted by Gasteiger charge is -2.13. The zero-order valence-corrected chi connectivity index (χ0v) is 7.89. The van der Waals surface area contributed by atoms with Crippen molar-refractivity contribution in [1.82, 2.24) is 5.32 Å². The quantitative estimate of drug-likeness (QED) is 0.608. The van der Waals surface area contributed by atoms with Crippen LogP contribution in [-0.2, 0) is 9.84 Å². The number of sulfone groups is 1. The molecule has 0 amide bonds. The first-order valence-electron chi connectivity index (χ1n) is 3.96. The van der Waals surface area contributed by atoms with Crippen LogP contribution >= 0.6 is 0 Å². The predicted octanol–water partition coefficient (Wildman–Crippen LogP) is -0.215. The van der Waals surface area contributed by atoms with E-state index in [-0.39, 0.29) is 17.0 Å². The second kappa shape index (κ2) is 3.46. The first kappa shape index (κ1) is 9.56. The van der Waals surface area contributed by atoms with Crippen LogP contribution in [0, 0.1) is 12.3 Å². The second-order valence-corrected chi connectivity index (χ2v) is 5.53. The van der Waals surface area contributed by atoms with Crippen LogP contribution in [0.15, 0.2) is 0 Å². The lowest BCUT2D eigenvalue weighted by molar-refractivity contribution is 0.534. The Balaban J connectivity index is 2.57. The maximum absolute atomic E-state index is 11.2. The highest BCUT2D eigenvalue weighted by Gasteiger charge is 2.35. The molecule has 0 aromatic carbocycles. The molecule has 1 aliphatic heterocycles. The topological polar surface area (TPSA) is 46.2 Å². The lowest BCUT2D eigenvalue weighted by Crippen LogP contribution is -2.36. The van der Waals surface area contributed by atoms with Crippen molar-refractivity contribution in [3.8, 4) is 12.3 Å². The van der Waals surface area contributed by atoms with E-state index in [2.05, 4.69) is 11.2 Å². The Morgan fingerprint density at radius 3 is 2.75 bits per heavy atom. The molecule has 0 saturated carbocycles. The normalized spacial score (nSPS) is 33.0. The molecule has 3 nitrogen and oxygen atoms in total. The fourth-order valence-corrected chi connectivity index (χ4v) is 3.11. The molecule has 0 aliphatic carbocycles. The van der Waals surface area contributed by atoms with Crippen LogP contribution in [0.3, 0.4) is 0 Å². The molecular weight excluding hydrogens is 174 g/mol. The van der Waals surface area contributed by atoms with Gasteiger partial charge in [-0.2, -0.15) is 0 Å². The molecule has 0 bridgehead atoms. The lowest BCUT2D eigenvalue weighted by atomic mass is 10.2. The molecular formula is C8H13NO2S. The van der Waals surface area contributed by atoms with E-state index < -0.39 is 9.84 Å². The van der Waals surface area contributed by atoms with Crippen molar-refractivity contribution in [2.75, 3.05) is 12.3 Å². The van der Waals surface area contributed by atoms with Gasteiger partial charge >= 0.3 is 0 Å². The molecule has 2 unspecified atom stereocenters. The summed E-state index contributed by atoms with van der Waals surface area (Å²) in [6, 6.07) is 0.0473. The summed E-state index contributed by atoms with van der Waals surface area (Å²) in [5.74, 6) is 2.72. The van der Waals surface area contributed by atoms with E-state index in [0.29, 0.717) is 13.0 Å². The Morgan fingerprint density at radius 2 is 2.33 bits per heavy atom. The first-order chi connectivity index (χ1) is 5.58. The summed E-state index contributed by atoms with van der Waals surface area (Å²) in [5, 5.41) is 2.74. The standard InChI is InChI=1S/C8H13NO2S/c1-3-5-9-8-4-6-12(10,11)7(8)2/h1,7-9H,4-6H2,2H3. The molecule has 1 rings (SSSR count). The van der Waals surface area contributed by atoms with Crippen LogP contribution in [0.4, 0.5) is 0 Å². The molecule has 1 aliphatic rings. The van der Waals surface area contributed by atoms with Crippen molar-refractivity contribution in [2.24, 2.45) is 0 Å². The maximum Gasteiger partial charge on any atom is 0.154 e. The molecule has 0 spiro atoms. The van der Waals surface area contributed by atoms with Gasteiger partial charge in [-0.1, -0.05) is 5.92 Å². The molecule has 1 fully saturated rings. The molecule has 1 saturated heterocycles. The van der Waals surface area contributed by atoms with Crippen molar-refractivity contribution >= 4 is 9.84 Å². The first-order valence-corrected chi connectivity index (χ1v) is 5.68. The van der Waals surface area contributed by atoms with Gasteiger partial charge in [-0.15, -0.1) is 6.42 Å². The molecule has 0 aromatic heterocycles. The number of terminal acetylenes is 1. The third-order valence-corrected chi connectivity index (χ3v) is 4.58. The number of nitrogens with one attached hydrogen (secondary N) is 1. The van der Waals surface area contributed by atoms with Crippen LogP contribution in [0.5, 0.6) is 0 Å². The summed E-state index contributed by atoms with van der Waals surface area (Å²) in [7, 11) is -2.84. The number of rotatable bonds is 2. The average Bonchev–Trinajstić information content (AvgIpc) is 2.26. The Labute approximate surface area is 73.5 Å². The summed E-state index contributed by atoms with van der Waals surface area (Å²) in [6.07, 6.45) is 5.74. The summed E-state index contributed by atoms with van der Waals surface area (Å²) < 4.78 is 22.5. The van der Waals surface area contributed by atoms with Gasteiger partial charge in [0.25, 0.3) is 0 Å². The van der Waals surface area contributed by atoms with Gasteiger partial charge in [0.1, 0.15) is 0 Å². The van der Waals surface area contributed by atoms with Gasteiger partial charge in [-0.25, -0.2) is 8.42 Å². The van der Waals surface area contributed by atoms with E-state index in [4.69, 9.17) is 6.42 Å². The van der Waals surface area contributed by atoms with Gasteiger partial charge in [-0.3, -0.25) is 0 Å². The Hall–Kier alpha value is -0.530. The van der Waals surface area contributed by atoms with Gasteiger partial charge < -0.3 is 5.32 Å². The van der Waals surface area contributed by atoms with Crippen molar-refractivity contribution in [3.05, 3.63) is 0 Å². The van der Waals surface area contributed by atoms with E-state index in [9.17, 15) is 8.42 Å². The molecule has 1 heterocycles. The van der Waals surface area contributed by atoms with E-state index in [1.807, 2.05) is 0 Å². The maximum atomic E-state index is 11.2. The third-order valence-electron chi connectivity index (χ3n) is 2.31. The minimum atomic E-state index is -2.84. The molecule has 1 N–H and O–H groups in total. The van der Waals surface area contributed by atoms with Crippen molar-refractivity contribution in [3.63, 3.8) is 0 Å². The SMILES string of the molecule is C#CCNC1CCS(=O)(=O)C1C. The van der Waals surface area contributed by atoms with Crippen LogP contribution in [0.2, 0.25) is 0 Å². The highest BCUT2D eigenvalue weighted by atomic mass is 32.2. The van der Waals surface area contributed by atoms with Gasteiger partial charge in [0, 0.05) is 6.04 Å². The molecule has 12 heavy (non-hydrogen) atoms. The largest absolute Gasteiger partial charge is 0.302 e. The fraction of sp³-hybridized carbons (Fsp3) is 0.750. The van der Waals surface area contributed by atoms with Gasteiger partial charge in [0.2, 0.25) is 0 Å². The van der Waals surface area contributed by atoms with Crippen LogP contribution in [-0.4, -0.2) is 32.0 Å². The molecule has 2 atom stereocenters. The smallest absolute Gasteiger partial charge is 0.154 e. The summed E-state index contributed by atoms with van der Waals surface area (Å²) >= 11 is 0.